The Hall–Kier alpha value is -2.15. The van der Waals surface area contributed by atoms with E-state index < -0.39 is 0 Å². The second kappa shape index (κ2) is 8.33. The molecule has 0 aliphatic heterocycles. The number of unbranched alkanes of at least 4 members (excludes halogenated alkanes) is 2. The van der Waals surface area contributed by atoms with Gasteiger partial charge in [-0.25, -0.2) is 0 Å². The topological polar surface area (TPSA) is 17.1 Å². The van der Waals surface area contributed by atoms with Crippen LogP contribution < -0.4 is 0 Å². The van der Waals surface area contributed by atoms with Crippen molar-refractivity contribution in [3.63, 3.8) is 0 Å². The molecular weight excluding hydrogens is 268 g/mol. The summed E-state index contributed by atoms with van der Waals surface area (Å²) in [6, 6.07) is 16.6. The van der Waals surface area contributed by atoms with Gasteiger partial charge in [0.15, 0.2) is 5.78 Å². The zero-order valence-electron chi connectivity index (χ0n) is 13.5. The maximum Gasteiger partial charge on any atom is 0.185 e. The third-order valence-electron chi connectivity index (χ3n) is 3.84. The number of carbonyl (C=O) groups is 1. The lowest BCUT2D eigenvalue weighted by molar-refractivity contribution is 0.104. The summed E-state index contributed by atoms with van der Waals surface area (Å²) in [5.41, 5.74) is 4.48. The standard InChI is InChI=1S/C21H24O/c1-3-5-6-8-17-9-11-18(12-10-17)19-13-15-20(16-14-19)21(22)7-4-2/h4,7,9-16H,3,5-6,8H2,1-2H3/b7-4-. The predicted octanol–water partition coefficient (Wildman–Crippen LogP) is 5.85. The molecule has 0 heterocycles. The molecule has 22 heavy (non-hydrogen) atoms. The van der Waals surface area contributed by atoms with Crippen LogP contribution in [0.25, 0.3) is 11.1 Å². The maximum absolute atomic E-state index is 11.8. The minimum Gasteiger partial charge on any atom is -0.289 e. The van der Waals surface area contributed by atoms with E-state index >= 15 is 0 Å². The largest absolute Gasteiger partial charge is 0.289 e. The molecule has 0 amide bonds. The van der Waals surface area contributed by atoms with Crippen LogP contribution in [0.15, 0.2) is 60.7 Å². The van der Waals surface area contributed by atoms with E-state index in [1.807, 2.05) is 31.2 Å². The maximum atomic E-state index is 11.8. The SMILES string of the molecule is C/C=C\C(=O)c1ccc(-c2ccc(CCCCC)cc2)cc1. The first-order valence-electron chi connectivity index (χ1n) is 8.11. The van der Waals surface area contributed by atoms with Crippen molar-refractivity contribution in [2.45, 2.75) is 39.5 Å². The molecule has 0 atom stereocenters. The summed E-state index contributed by atoms with van der Waals surface area (Å²) in [5.74, 6) is 0.0559. The van der Waals surface area contributed by atoms with Crippen molar-refractivity contribution in [2.24, 2.45) is 0 Å². The quantitative estimate of drug-likeness (QED) is 0.355. The van der Waals surface area contributed by atoms with Crippen LogP contribution in [-0.2, 0) is 6.42 Å². The van der Waals surface area contributed by atoms with E-state index in [2.05, 4.69) is 31.2 Å². The Morgan fingerprint density at radius 1 is 0.909 bits per heavy atom. The molecule has 0 aromatic heterocycles. The van der Waals surface area contributed by atoms with Gasteiger partial charge in [0, 0.05) is 5.56 Å². The summed E-state index contributed by atoms with van der Waals surface area (Å²) in [7, 11) is 0. The molecule has 1 heteroatoms. The van der Waals surface area contributed by atoms with Gasteiger partial charge in [0.05, 0.1) is 0 Å². The lowest BCUT2D eigenvalue weighted by Crippen LogP contribution is -1.93. The zero-order valence-corrected chi connectivity index (χ0v) is 13.5. The van der Waals surface area contributed by atoms with Crippen LogP contribution in [0.3, 0.4) is 0 Å². The molecule has 2 rings (SSSR count). The second-order valence-electron chi connectivity index (χ2n) is 5.60. The normalized spacial score (nSPS) is 11.0. The molecule has 0 saturated heterocycles. The van der Waals surface area contributed by atoms with Crippen LogP contribution in [0, 0.1) is 0 Å². The number of aryl methyl sites for hydroxylation is 1. The van der Waals surface area contributed by atoms with Crippen molar-refractivity contribution in [2.75, 3.05) is 0 Å². The summed E-state index contributed by atoms with van der Waals surface area (Å²) >= 11 is 0. The van der Waals surface area contributed by atoms with Gasteiger partial charge in [-0.05, 0) is 42.5 Å². The third-order valence-corrected chi connectivity index (χ3v) is 3.84. The summed E-state index contributed by atoms with van der Waals surface area (Å²) in [6.07, 6.45) is 8.34. The van der Waals surface area contributed by atoms with Gasteiger partial charge in [0.25, 0.3) is 0 Å². The van der Waals surface area contributed by atoms with Gasteiger partial charge in [0.1, 0.15) is 0 Å². The molecule has 2 aromatic rings. The van der Waals surface area contributed by atoms with Crippen molar-refractivity contribution in [1.29, 1.82) is 0 Å². The van der Waals surface area contributed by atoms with E-state index in [9.17, 15) is 4.79 Å². The lowest BCUT2D eigenvalue weighted by Gasteiger charge is -2.05. The zero-order chi connectivity index (χ0) is 15.8. The molecule has 0 unspecified atom stereocenters. The van der Waals surface area contributed by atoms with E-state index in [4.69, 9.17) is 0 Å². The number of rotatable bonds is 7. The average molecular weight is 292 g/mol. The third kappa shape index (κ3) is 4.42. The molecule has 0 aliphatic carbocycles. The van der Waals surface area contributed by atoms with Gasteiger partial charge in [0.2, 0.25) is 0 Å². The molecule has 1 nitrogen and oxygen atoms in total. The monoisotopic (exact) mass is 292 g/mol. The summed E-state index contributed by atoms with van der Waals surface area (Å²) < 4.78 is 0. The van der Waals surface area contributed by atoms with Crippen LogP contribution in [0.5, 0.6) is 0 Å². The van der Waals surface area contributed by atoms with Gasteiger partial charge in [-0.2, -0.15) is 0 Å². The molecular formula is C21H24O. The highest BCUT2D eigenvalue weighted by molar-refractivity contribution is 6.04. The summed E-state index contributed by atoms with van der Waals surface area (Å²) in [5, 5.41) is 0. The Morgan fingerprint density at radius 2 is 1.50 bits per heavy atom. The highest BCUT2D eigenvalue weighted by Gasteiger charge is 2.03. The Kier molecular flexibility index (Phi) is 6.14. The number of carbonyl (C=O) groups excluding carboxylic acids is 1. The molecule has 114 valence electrons. The van der Waals surface area contributed by atoms with E-state index in [1.165, 1.54) is 30.4 Å². The first kappa shape index (κ1) is 16.2. The van der Waals surface area contributed by atoms with E-state index in [0.29, 0.717) is 0 Å². The highest BCUT2D eigenvalue weighted by atomic mass is 16.1. The Labute approximate surface area is 133 Å². The van der Waals surface area contributed by atoms with E-state index in [0.717, 1.165) is 17.5 Å². The smallest absolute Gasteiger partial charge is 0.185 e. The first-order chi connectivity index (χ1) is 10.7. The number of hydrogen-bond donors (Lipinski definition) is 0. The average Bonchev–Trinajstić information content (AvgIpc) is 2.56. The van der Waals surface area contributed by atoms with Crippen molar-refractivity contribution >= 4 is 5.78 Å². The van der Waals surface area contributed by atoms with Gasteiger partial charge in [-0.15, -0.1) is 0 Å². The van der Waals surface area contributed by atoms with Crippen LogP contribution in [0.2, 0.25) is 0 Å². The van der Waals surface area contributed by atoms with Crippen molar-refractivity contribution in [3.8, 4) is 11.1 Å². The fourth-order valence-electron chi connectivity index (χ4n) is 2.52. The van der Waals surface area contributed by atoms with Crippen LogP contribution >= 0.6 is 0 Å². The molecule has 2 aromatic carbocycles. The van der Waals surface area contributed by atoms with Crippen molar-refractivity contribution in [1.82, 2.24) is 0 Å². The molecule has 0 fully saturated rings. The molecule has 0 N–H and O–H groups in total. The number of hydrogen-bond acceptors (Lipinski definition) is 1. The summed E-state index contributed by atoms with van der Waals surface area (Å²) in [6.45, 7) is 4.09. The van der Waals surface area contributed by atoms with Crippen LogP contribution in [-0.4, -0.2) is 5.78 Å². The molecule has 0 radical (unpaired) electrons. The minimum atomic E-state index is 0.0559. The van der Waals surface area contributed by atoms with Gasteiger partial charge < -0.3 is 0 Å². The molecule has 0 aliphatic rings. The van der Waals surface area contributed by atoms with Gasteiger partial charge >= 0.3 is 0 Å². The Morgan fingerprint density at radius 3 is 2.05 bits per heavy atom. The van der Waals surface area contributed by atoms with Crippen LogP contribution in [0.4, 0.5) is 0 Å². The highest BCUT2D eigenvalue weighted by Crippen LogP contribution is 2.21. The predicted molar refractivity (Wildman–Crippen MR) is 94.3 cm³/mol. The minimum absolute atomic E-state index is 0.0559. The molecule has 0 saturated carbocycles. The number of allylic oxidation sites excluding steroid dienone is 2. The van der Waals surface area contributed by atoms with E-state index in [1.54, 1.807) is 12.2 Å². The van der Waals surface area contributed by atoms with Gasteiger partial charge in [-0.3, -0.25) is 4.79 Å². The fourth-order valence-corrected chi connectivity index (χ4v) is 2.52. The van der Waals surface area contributed by atoms with Crippen molar-refractivity contribution < 1.29 is 4.79 Å². The molecule has 0 spiro atoms. The Bertz CT molecular complexity index is 618. The molecule has 0 bridgehead atoms. The van der Waals surface area contributed by atoms with Gasteiger partial charge in [-0.1, -0.05) is 74.4 Å². The fraction of sp³-hybridized carbons (Fsp3) is 0.286. The van der Waals surface area contributed by atoms with Crippen LogP contribution in [0.1, 0.15) is 49.0 Å². The van der Waals surface area contributed by atoms with Crippen molar-refractivity contribution in [3.05, 3.63) is 71.8 Å². The first-order valence-corrected chi connectivity index (χ1v) is 8.11. The van der Waals surface area contributed by atoms with E-state index in [-0.39, 0.29) is 5.78 Å². The second-order valence-corrected chi connectivity index (χ2v) is 5.60. The summed E-state index contributed by atoms with van der Waals surface area (Å²) in [4.78, 5) is 11.8. The Balaban J connectivity index is 2.06. The lowest BCUT2D eigenvalue weighted by atomic mass is 9.99. The number of ketones is 1. The number of benzene rings is 2.